The van der Waals surface area contributed by atoms with E-state index in [1.165, 1.54) is 10.4 Å². The van der Waals surface area contributed by atoms with Gasteiger partial charge in [-0.15, -0.1) is 0 Å². The number of piperidine rings is 1. The van der Waals surface area contributed by atoms with Gasteiger partial charge in [-0.3, -0.25) is 4.79 Å². The van der Waals surface area contributed by atoms with Crippen molar-refractivity contribution < 1.29 is 17.7 Å². The van der Waals surface area contributed by atoms with E-state index in [1.54, 1.807) is 18.2 Å². The molecule has 1 N–H and O–H groups in total. The van der Waals surface area contributed by atoms with Gasteiger partial charge in [-0.2, -0.15) is 9.29 Å². The lowest BCUT2D eigenvalue weighted by atomic mass is 10.2. The number of rotatable bonds is 8. The second-order valence-electron chi connectivity index (χ2n) is 7.77. The van der Waals surface area contributed by atoms with Crippen molar-refractivity contribution in [3.8, 4) is 11.4 Å². The van der Waals surface area contributed by atoms with Crippen molar-refractivity contribution in [1.29, 1.82) is 0 Å². The van der Waals surface area contributed by atoms with Gasteiger partial charge in [0.25, 0.3) is 0 Å². The van der Waals surface area contributed by atoms with Gasteiger partial charge in [-0.25, -0.2) is 8.42 Å². The molecule has 0 atom stereocenters. The van der Waals surface area contributed by atoms with Crippen LogP contribution in [0.15, 0.2) is 64.0 Å². The Labute approximate surface area is 187 Å². The third-order valence-electron chi connectivity index (χ3n) is 5.37. The molecule has 168 valence electrons. The smallest absolute Gasteiger partial charge is 0.243 e. The van der Waals surface area contributed by atoms with Gasteiger partial charge < -0.3 is 9.84 Å². The maximum Gasteiger partial charge on any atom is 0.243 e. The number of amides is 1. The number of nitrogens with one attached hydrogen (secondary N) is 1. The number of aromatic nitrogens is 2. The first-order chi connectivity index (χ1) is 15.5. The minimum absolute atomic E-state index is 0.194. The summed E-state index contributed by atoms with van der Waals surface area (Å²) in [5, 5.41) is 6.76. The van der Waals surface area contributed by atoms with Crippen LogP contribution in [0.5, 0.6) is 0 Å². The highest BCUT2D eigenvalue weighted by molar-refractivity contribution is 7.89. The van der Waals surface area contributed by atoms with E-state index in [9.17, 15) is 13.2 Å². The van der Waals surface area contributed by atoms with E-state index >= 15 is 0 Å². The van der Waals surface area contributed by atoms with Crippen LogP contribution in [0.25, 0.3) is 11.4 Å². The number of aryl methyl sites for hydroxylation is 1. The van der Waals surface area contributed by atoms with Crippen LogP contribution >= 0.6 is 0 Å². The van der Waals surface area contributed by atoms with E-state index in [4.69, 9.17) is 4.52 Å². The van der Waals surface area contributed by atoms with Crippen LogP contribution in [-0.4, -0.2) is 41.9 Å². The molecule has 1 aliphatic heterocycles. The van der Waals surface area contributed by atoms with Crippen LogP contribution in [-0.2, 0) is 21.2 Å². The van der Waals surface area contributed by atoms with E-state index < -0.39 is 10.0 Å². The summed E-state index contributed by atoms with van der Waals surface area (Å²) in [6.45, 7) is 1.08. The number of anilines is 1. The molecule has 32 heavy (non-hydrogen) atoms. The Morgan fingerprint density at radius 2 is 1.81 bits per heavy atom. The Morgan fingerprint density at radius 1 is 1.03 bits per heavy atom. The number of nitrogens with zero attached hydrogens (tertiary/aromatic N) is 3. The Balaban J connectivity index is 1.30. The van der Waals surface area contributed by atoms with E-state index in [1.807, 2.05) is 30.3 Å². The number of hydrogen-bond donors (Lipinski definition) is 1. The first kappa shape index (κ1) is 22.2. The molecule has 2 aromatic carbocycles. The molecule has 1 aromatic heterocycles. The summed E-state index contributed by atoms with van der Waals surface area (Å²) < 4.78 is 32.5. The van der Waals surface area contributed by atoms with Crippen molar-refractivity contribution in [3.63, 3.8) is 0 Å². The predicted octanol–water partition coefficient (Wildman–Crippen LogP) is 3.87. The van der Waals surface area contributed by atoms with Crippen molar-refractivity contribution in [2.45, 2.75) is 43.4 Å². The van der Waals surface area contributed by atoms with Gasteiger partial charge in [0.05, 0.1) is 4.90 Å². The molecule has 1 saturated heterocycles. The van der Waals surface area contributed by atoms with Gasteiger partial charge in [0, 0.05) is 37.2 Å². The summed E-state index contributed by atoms with van der Waals surface area (Å²) in [5.41, 5.74) is 1.34. The zero-order valence-electron chi connectivity index (χ0n) is 17.7. The molecule has 0 saturated carbocycles. The Kier molecular flexibility index (Phi) is 6.96. The molecule has 9 heteroatoms. The molecule has 3 aromatic rings. The highest BCUT2D eigenvalue weighted by Crippen LogP contribution is 2.23. The fourth-order valence-corrected chi connectivity index (χ4v) is 5.24. The van der Waals surface area contributed by atoms with Crippen molar-refractivity contribution in [2.75, 3.05) is 18.4 Å². The normalized spacial score (nSPS) is 14.9. The Bertz CT molecular complexity index is 1160. The summed E-state index contributed by atoms with van der Waals surface area (Å²) in [7, 11) is -3.54. The van der Waals surface area contributed by atoms with E-state index in [0.717, 1.165) is 24.8 Å². The second kappa shape index (κ2) is 10.1. The second-order valence-corrected chi connectivity index (χ2v) is 9.71. The fraction of sp³-hybridized carbons (Fsp3) is 0.348. The molecular formula is C23H26N4O4S. The number of carbonyl (C=O) groups is 1. The third kappa shape index (κ3) is 5.41. The summed E-state index contributed by atoms with van der Waals surface area (Å²) in [6, 6.07) is 16.0. The van der Waals surface area contributed by atoms with Gasteiger partial charge >= 0.3 is 0 Å². The largest absolute Gasteiger partial charge is 0.339 e. The highest BCUT2D eigenvalue weighted by Gasteiger charge is 2.26. The number of carbonyl (C=O) groups excluding carboxylic acids is 1. The summed E-state index contributed by atoms with van der Waals surface area (Å²) in [5.74, 6) is 0.809. The lowest BCUT2D eigenvalue weighted by Crippen LogP contribution is -2.35. The molecule has 0 unspecified atom stereocenters. The molecule has 1 fully saturated rings. The fourth-order valence-electron chi connectivity index (χ4n) is 3.67. The maximum atomic E-state index is 12.8. The zero-order chi connectivity index (χ0) is 22.4. The Morgan fingerprint density at radius 3 is 2.59 bits per heavy atom. The van der Waals surface area contributed by atoms with Crippen LogP contribution in [0.4, 0.5) is 5.69 Å². The first-order valence-electron chi connectivity index (χ1n) is 10.8. The van der Waals surface area contributed by atoms with Crippen molar-refractivity contribution in [1.82, 2.24) is 14.4 Å². The predicted molar refractivity (Wildman–Crippen MR) is 120 cm³/mol. The molecule has 0 spiro atoms. The molecule has 2 heterocycles. The van der Waals surface area contributed by atoms with Crippen LogP contribution in [0.3, 0.4) is 0 Å². The Hall–Kier alpha value is -3.04. The number of sulfonamides is 1. The standard InChI is InChI=1S/C23H26N4O4S/c28-21(13-8-14-22-25-23(26-31-22)18-9-3-1-4-10-18)24-19-11-7-12-20(17-19)32(29,30)27-15-5-2-6-16-27/h1,3-4,7,9-12,17H,2,5-6,8,13-16H2,(H,24,28). The van der Waals surface area contributed by atoms with E-state index in [0.29, 0.717) is 43.3 Å². The molecule has 1 aliphatic rings. The van der Waals surface area contributed by atoms with Crippen LogP contribution in [0.1, 0.15) is 38.0 Å². The minimum Gasteiger partial charge on any atom is -0.339 e. The van der Waals surface area contributed by atoms with Crippen LogP contribution < -0.4 is 5.32 Å². The summed E-state index contributed by atoms with van der Waals surface area (Å²) >= 11 is 0. The van der Waals surface area contributed by atoms with Crippen LogP contribution in [0, 0.1) is 0 Å². The van der Waals surface area contributed by atoms with Gasteiger partial charge in [-0.1, -0.05) is 48.0 Å². The lowest BCUT2D eigenvalue weighted by molar-refractivity contribution is -0.116. The van der Waals surface area contributed by atoms with Gasteiger partial charge in [0.2, 0.25) is 27.6 Å². The molecule has 0 radical (unpaired) electrons. The molecule has 0 bridgehead atoms. The molecule has 1 amide bonds. The van der Waals surface area contributed by atoms with Gasteiger partial charge in [0.15, 0.2) is 0 Å². The molecular weight excluding hydrogens is 428 g/mol. The van der Waals surface area contributed by atoms with E-state index in [-0.39, 0.29) is 17.2 Å². The molecule has 4 rings (SSSR count). The average Bonchev–Trinajstić information content (AvgIpc) is 3.29. The summed E-state index contributed by atoms with van der Waals surface area (Å²) in [6.07, 6.45) is 4.08. The zero-order valence-corrected chi connectivity index (χ0v) is 18.6. The van der Waals surface area contributed by atoms with Crippen molar-refractivity contribution in [3.05, 3.63) is 60.5 Å². The van der Waals surface area contributed by atoms with Crippen LogP contribution in [0.2, 0.25) is 0 Å². The quantitative estimate of drug-likeness (QED) is 0.554. The third-order valence-corrected chi connectivity index (χ3v) is 7.26. The lowest BCUT2D eigenvalue weighted by Gasteiger charge is -2.26. The van der Waals surface area contributed by atoms with Gasteiger partial charge in [-0.05, 0) is 37.5 Å². The number of hydrogen-bond acceptors (Lipinski definition) is 6. The highest BCUT2D eigenvalue weighted by atomic mass is 32.2. The monoisotopic (exact) mass is 454 g/mol. The van der Waals surface area contributed by atoms with Gasteiger partial charge in [0.1, 0.15) is 0 Å². The topological polar surface area (TPSA) is 105 Å². The molecule has 0 aliphatic carbocycles. The maximum absolute atomic E-state index is 12.8. The van der Waals surface area contributed by atoms with Crippen molar-refractivity contribution >= 4 is 21.6 Å². The van der Waals surface area contributed by atoms with E-state index in [2.05, 4.69) is 15.5 Å². The first-order valence-corrected chi connectivity index (χ1v) is 12.2. The van der Waals surface area contributed by atoms with Crippen molar-refractivity contribution in [2.24, 2.45) is 0 Å². The SMILES string of the molecule is O=C(CCCc1nc(-c2ccccc2)no1)Nc1cccc(S(=O)(=O)N2CCCCC2)c1. The molecule has 8 nitrogen and oxygen atoms in total. The number of benzene rings is 2. The summed E-state index contributed by atoms with van der Waals surface area (Å²) in [4.78, 5) is 16.9. The minimum atomic E-state index is -3.54. The average molecular weight is 455 g/mol.